The van der Waals surface area contributed by atoms with Crippen molar-refractivity contribution >= 4 is 15.9 Å². The van der Waals surface area contributed by atoms with Gasteiger partial charge in [-0.1, -0.05) is 0 Å². The van der Waals surface area contributed by atoms with Gasteiger partial charge in [0.05, 0.1) is 4.90 Å². The highest BCUT2D eigenvalue weighted by Gasteiger charge is 2.16. The second-order valence-corrected chi connectivity index (χ2v) is 5.89. The van der Waals surface area contributed by atoms with Crippen LogP contribution in [0.5, 0.6) is 0 Å². The van der Waals surface area contributed by atoms with Crippen molar-refractivity contribution in [2.45, 2.75) is 11.8 Å². The molecule has 0 bridgehead atoms. The van der Waals surface area contributed by atoms with Crippen LogP contribution in [0.1, 0.15) is 15.9 Å². The fraction of sp³-hybridized carbons (Fsp3) is 0.0769. The minimum Gasteiger partial charge on any atom is -0.273 e. The quantitative estimate of drug-likeness (QED) is 0.829. The molecule has 6 nitrogen and oxygen atoms in total. The summed E-state index contributed by atoms with van der Waals surface area (Å²) >= 11 is 0. The molecule has 0 radical (unpaired) electrons. The fourth-order valence-corrected chi connectivity index (χ4v) is 2.46. The number of pyridine rings is 1. The fourth-order valence-electron chi connectivity index (χ4n) is 1.53. The van der Waals surface area contributed by atoms with E-state index in [0.29, 0.717) is 0 Å². The summed E-state index contributed by atoms with van der Waals surface area (Å²) in [5.41, 5.74) is 2.52. The van der Waals surface area contributed by atoms with Crippen LogP contribution in [0.3, 0.4) is 0 Å². The van der Waals surface area contributed by atoms with Gasteiger partial charge in [-0.3, -0.25) is 15.2 Å². The first kappa shape index (κ1) is 15.1. The zero-order valence-corrected chi connectivity index (χ0v) is 11.8. The molecule has 0 spiro atoms. The van der Waals surface area contributed by atoms with E-state index in [9.17, 15) is 17.6 Å². The number of nitrogens with one attached hydrogen (secondary N) is 2. The first-order valence-electron chi connectivity index (χ1n) is 5.88. The molecule has 21 heavy (non-hydrogen) atoms. The van der Waals surface area contributed by atoms with Crippen molar-refractivity contribution in [2.75, 3.05) is 0 Å². The van der Waals surface area contributed by atoms with Gasteiger partial charge in [-0.25, -0.2) is 12.8 Å². The van der Waals surface area contributed by atoms with Gasteiger partial charge in [-0.2, -0.15) is 0 Å². The van der Waals surface area contributed by atoms with E-state index in [1.807, 2.05) is 4.83 Å². The minimum atomic E-state index is -3.97. The Kier molecular flexibility index (Phi) is 4.29. The molecule has 0 aliphatic rings. The molecule has 1 aromatic carbocycles. The van der Waals surface area contributed by atoms with E-state index in [1.165, 1.54) is 37.5 Å². The maximum absolute atomic E-state index is 13.1. The molecular formula is C13H12FN3O3S. The summed E-state index contributed by atoms with van der Waals surface area (Å²) in [5.74, 6) is -1.13. The number of aromatic nitrogens is 1. The molecule has 0 fully saturated rings. The van der Waals surface area contributed by atoms with Gasteiger partial charge in [0.25, 0.3) is 15.9 Å². The van der Waals surface area contributed by atoms with Gasteiger partial charge in [0.2, 0.25) is 0 Å². The second-order valence-electron chi connectivity index (χ2n) is 4.21. The van der Waals surface area contributed by atoms with Crippen LogP contribution in [0.15, 0.2) is 47.6 Å². The normalized spacial score (nSPS) is 11.1. The number of rotatable bonds is 4. The van der Waals surface area contributed by atoms with Gasteiger partial charge in [0, 0.05) is 18.0 Å². The predicted octanol–water partition coefficient (Wildman–Crippen LogP) is 1.15. The molecule has 2 rings (SSSR count). The lowest BCUT2D eigenvalue weighted by atomic mass is 10.2. The molecule has 8 heteroatoms. The molecule has 0 atom stereocenters. The van der Waals surface area contributed by atoms with Crippen LogP contribution in [0.25, 0.3) is 0 Å². The zero-order valence-electron chi connectivity index (χ0n) is 11.0. The summed E-state index contributed by atoms with van der Waals surface area (Å²) in [6, 6.07) is 6.21. The van der Waals surface area contributed by atoms with Crippen molar-refractivity contribution in [3.63, 3.8) is 0 Å². The Bertz CT molecular complexity index is 763. The topological polar surface area (TPSA) is 88.2 Å². The number of nitrogens with zero attached hydrogens (tertiary/aromatic N) is 1. The average molecular weight is 309 g/mol. The molecule has 1 aromatic heterocycles. The highest BCUT2D eigenvalue weighted by atomic mass is 32.2. The molecule has 2 N–H and O–H groups in total. The maximum atomic E-state index is 13.1. The number of hydrogen-bond donors (Lipinski definition) is 2. The van der Waals surface area contributed by atoms with Gasteiger partial charge in [0.15, 0.2) is 0 Å². The summed E-state index contributed by atoms with van der Waals surface area (Å²) in [6.45, 7) is 1.45. The van der Waals surface area contributed by atoms with Crippen molar-refractivity contribution in [2.24, 2.45) is 0 Å². The molecule has 1 heterocycles. The van der Waals surface area contributed by atoms with E-state index in [1.54, 1.807) is 0 Å². The molecule has 110 valence electrons. The van der Waals surface area contributed by atoms with Gasteiger partial charge in [-0.05, 0) is 42.8 Å². The number of sulfonamides is 1. The Morgan fingerprint density at radius 3 is 2.48 bits per heavy atom. The lowest BCUT2D eigenvalue weighted by molar-refractivity contribution is 0.0945. The highest BCUT2D eigenvalue weighted by Crippen LogP contribution is 2.13. The number of carbonyl (C=O) groups is 1. The smallest absolute Gasteiger partial charge is 0.266 e. The Morgan fingerprint density at radius 1 is 1.19 bits per heavy atom. The number of benzene rings is 1. The Labute approximate surface area is 121 Å². The lowest BCUT2D eigenvalue weighted by Gasteiger charge is -2.09. The monoisotopic (exact) mass is 309 g/mol. The van der Waals surface area contributed by atoms with Gasteiger partial charge >= 0.3 is 0 Å². The van der Waals surface area contributed by atoms with Gasteiger partial charge in [0.1, 0.15) is 5.82 Å². The summed E-state index contributed by atoms with van der Waals surface area (Å²) in [6.07, 6.45) is 2.82. The summed E-state index contributed by atoms with van der Waals surface area (Å²) in [7, 11) is -3.97. The number of amides is 1. The average Bonchev–Trinajstić information content (AvgIpc) is 2.48. The standard InChI is InChI=1S/C13H12FN3O3S/c1-9-8-11(2-3-12(9)14)21(19,20)17-16-13(18)10-4-6-15-7-5-10/h2-8,17H,1H3,(H,16,18). The van der Waals surface area contributed by atoms with Crippen LogP contribution >= 0.6 is 0 Å². The number of hydrazine groups is 1. The van der Waals surface area contributed by atoms with Crippen molar-refractivity contribution < 1.29 is 17.6 Å². The van der Waals surface area contributed by atoms with E-state index in [-0.39, 0.29) is 16.0 Å². The van der Waals surface area contributed by atoms with E-state index < -0.39 is 21.7 Å². The molecule has 2 aromatic rings. The molecule has 0 unspecified atom stereocenters. The third kappa shape index (κ3) is 3.61. The van der Waals surface area contributed by atoms with Gasteiger partial charge in [-0.15, -0.1) is 4.83 Å². The molecule has 0 saturated carbocycles. The SMILES string of the molecule is Cc1cc(S(=O)(=O)NNC(=O)c2ccncc2)ccc1F. The Hall–Kier alpha value is -2.32. The summed E-state index contributed by atoms with van der Waals surface area (Å²) < 4.78 is 37.1. The molecule has 0 aliphatic carbocycles. The Balaban J connectivity index is 2.11. The van der Waals surface area contributed by atoms with Crippen LogP contribution in [-0.4, -0.2) is 19.3 Å². The summed E-state index contributed by atoms with van der Waals surface area (Å²) in [4.78, 5) is 17.3. The Morgan fingerprint density at radius 2 is 1.86 bits per heavy atom. The highest BCUT2D eigenvalue weighted by molar-refractivity contribution is 7.89. The molecular weight excluding hydrogens is 297 g/mol. The predicted molar refractivity (Wildman–Crippen MR) is 73.2 cm³/mol. The van der Waals surface area contributed by atoms with Gasteiger partial charge < -0.3 is 0 Å². The molecule has 1 amide bonds. The number of hydrogen-bond acceptors (Lipinski definition) is 4. The zero-order chi connectivity index (χ0) is 15.5. The molecule has 0 saturated heterocycles. The second kappa shape index (κ2) is 5.98. The third-order valence-corrected chi connectivity index (χ3v) is 3.93. The van der Waals surface area contributed by atoms with E-state index in [2.05, 4.69) is 10.4 Å². The van der Waals surface area contributed by atoms with Crippen molar-refractivity contribution in [3.05, 3.63) is 59.7 Å². The van der Waals surface area contributed by atoms with E-state index in [0.717, 1.165) is 12.1 Å². The van der Waals surface area contributed by atoms with E-state index in [4.69, 9.17) is 0 Å². The van der Waals surface area contributed by atoms with Crippen molar-refractivity contribution in [3.8, 4) is 0 Å². The van der Waals surface area contributed by atoms with E-state index >= 15 is 0 Å². The van der Waals surface area contributed by atoms with Crippen LogP contribution in [0.2, 0.25) is 0 Å². The van der Waals surface area contributed by atoms with Crippen molar-refractivity contribution in [1.82, 2.24) is 15.2 Å². The lowest BCUT2D eigenvalue weighted by Crippen LogP contribution is -2.41. The number of aryl methyl sites for hydroxylation is 1. The number of carbonyl (C=O) groups excluding carboxylic acids is 1. The molecule has 0 aliphatic heterocycles. The maximum Gasteiger partial charge on any atom is 0.266 e. The summed E-state index contributed by atoms with van der Waals surface area (Å²) in [5, 5.41) is 0. The first-order chi connectivity index (χ1) is 9.90. The van der Waals surface area contributed by atoms with Crippen LogP contribution < -0.4 is 10.3 Å². The van der Waals surface area contributed by atoms with Crippen molar-refractivity contribution in [1.29, 1.82) is 0 Å². The first-order valence-corrected chi connectivity index (χ1v) is 7.37. The van der Waals surface area contributed by atoms with Crippen LogP contribution in [-0.2, 0) is 10.0 Å². The largest absolute Gasteiger partial charge is 0.273 e. The van der Waals surface area contributed by atoms with Crippen LogP contribution in [0.4, 0.5) is 4.39 Å². The minimum absolute atomic E-state index is 0.142. The van der Waals surface area contributed by atoms with Crippen LogP contribution in [0, 0.1) is 12.7 Å². The number of halogens is 1. The third-order valence-electron chi connectivity index (χ3n) is 2.68.